The first-order valence-corrected chi connectivity index (χ1v) is 13.7. The summed E-state index contributed by atoms with van der Waals surface area (Å²) in [4.78, 5) is 15.0. The normalized spacial score (nSPS) is 15.2. The molecule has 0 saturated carbocycles. The van der Waals surface area contributed by atoms with Gasteiger partial charge in [0.1, 0.15) is 5.82 Å². The summed E-state index contributed by atoms with van der Waals surface area (Å²) in [7, 11) is -2.26. The van der Waals surface area contributed by atoms with Crippen LogP contribution in [-0.4, -0.2) is 43.4 Å². The third-order valence-electron chi connectivity index (χ3n) is 5.97. The number of allylic oxidation sites excluding steroid dienone is 7. The number of nitrogens with zero attached hydrogens (tertiary/aromatic N) is 4. The van der Waals surface area contributed by atoms with Crippen molar-refractivity contribution in [1.82, 2.24) is 0 Å². The van der Waals surface area contributed by atoms with Gasteiger partial charge < -0.3 is 14.9 Å². The van der Waals surface area contributed by atoms with Crippen LogP contribution >= 0.6 is 11.6 Å². The number of nitriles is 2. The number of carbonyl (C=O) groups is 1. The van der Waals surface area contributed by atoms with E-state index >= 15 is 0 Å². The Morgan fingerprint density at radius 3 is 2.31 bits per heavy atom. The van der Waals surface area contributed by atoms with E-state index in [4.69, 9.17) is 21.3 Å². The van der Waals surface area contributed by atoms with Gasteiger partial charge in [0, 0.05) is 29.8 Å². The van der Waals surface area contributed by atoms with Crippen molar-refractivity contribution >= 4 is 44.6 Å². The monoisotopic (exact) mass is 564 g/mol. The van der Waals surface area contributed by atoms with Gasteiger partial charge in [0.2, 0.25) is 0 Å². The van der Waals surface area contributed by atoms with Gasteiger partial charge in [-0.05, 0) is 61.4 Å². The Kier molecular flexibility index (Phi) is 9.33. The highest BCUT2D eigenvalue weighted by Gasteiger charge is 2.28. The number of fused-ring (bicyclic) bond motifs is 1. The van der Waals surface area contributed by atoms with Crippen LogP contribution in [0.15, 0.2) is 83.7 Å². The van der Waals surface area contributed by atoms with E-state index in [1.807, 2.05) is 22.9 Å². The zero-order chi connectivity index (χ0) is 28.7. The molecule has 0 aliphatic carbocycles. The fourth-order valence-electron chi connectivity index (χ4n) is 4.15. The number of anilines is 2. The number of carboxylic acid groups (broad SMARTS) is 1. The van der Waals surface area contributed by atoms with Gasteiger partial charge in [0.15, 0.2) is 0 Å². The third-order valence-corrected chi connectivity index (χ3v) is 7.01. The van der Waals surface area contributed by atoms with Crippen molar-refractivity contribution in [2.75, 3.05) is 29.1 Å². The van der Waals surface area contributed by atoms with Gasteiger partial charge in [0.05, 0.1) is 40.4 Å². The van der Waals surface area contributed by atoms with Crippen LogP contribution in [0.3, 0.4) is 0 Å². The second-order valence-electron chi connectivity index (χ2n) is 8.58. The molecule has 2 aromatic carbocycles. The number of benzene rings is 2. The standard InChI is InChI=1S/C28H25ClN4O5S/c1-19(17-30)27(20-8-10-21(11-9-20)28(34)35)22(18-31)6-3-4-7-26-32(2)24-13-12-23(29)16-25(24)33(26)14-5-15-39(36,37)38/h3-4,6-13,16H,5,14-15H2,1-2H3,(H,34,35)(H,36,37,38). The Labute approximate surface area is 232 Å². The first-order chi connectivity index (χ1) is 18.5. The molecule has 9 nitrogen and oxygen atoms in total. The lowest BCUT2D eigenvalue weighted by Gasteiger charge is -2.22. The number of aromatic carboxylic acids is 1. The van der Waals surface area contributed by atoms with E-state index in [0.29, 0.717) is 28.3 Å². The molecule has 11 heteroatoms. The van der Waals surface area contributed by atoms with Gasteiger partial charge in [-0.2, -0.15) is 18.9 Å². The molecule has 0 saturated heterocycles. The molecule has 0 unspecified atom stereocenters. The minimum atomic E-state index is -4.11. The molecule has 0 radical (unpaired) electrons. The average molecular weight is 565 g/mol. The topological polar surface area (TPSA) is 146 Å². The van der Waals surface area contributed by atoms with E-state index < -0.39 is 16.1 Å². The average Bonchev–Trinajstić information content (AvgIpc) is 3.14. The molecular weight excluding hydrogens is 540 g/mol. The highest BCUT2D eigenvalue weighted by atomic mass is 35.5. The molecule has 1 heterocycles. The highest BCUT2D eigenvalue weighted by molar-refractivity contribution is 7.85. The Balaban J connectivity index is 1.94. The van der Waals surface area contributed by atoms with Crippen molar-refractivity contribution in [3.8, 4) is 12.1 Å². The van der Waals surface area contributed by atoms with Crippen LogP contribution < -0.4 is 9.80 Å². The SMILES string of the molecule is CC(C#N)=C(C(C#N)=CC=CC=C1N(C)c2ccc(Cl)cc2N1CCCS(=O)(=O)O)c1ccc(C(=O)O)cc1. The number of hydrogen-bond donors (Lipinski definition) is 2. The molecular formula is C28H25ClN4O5S. The van der Waals surface area contributed by atoms with Crippen molar-refractivity contribution in [3.05, 3.63) is 99.9 Å². The van der Waals surface area contributed by atoms with Crippen molar-refractivity contribution < 1.29 is 22.9 Å². The Hall–Kier alpha value is -4.35. The van der Waals surface area contributed by atoms with Crippen LogP contribution in [0.4, 0.5) is 11.4 Å². The first-order valence-electron chi connectivity index (χ1n) is 11.7. The van der Waals surface area contributed by atoms with E-state index in [2.05, 4.69) is 12.1 Å². The van der Waals surface area contributed by atoms with Crippen molar-refractivity contribution in [3.63, 3.8) is 0 Å². The predicted octanol–water partition coefficient (Wildman–Crippen LogP) is 5.42. The summed E-state index contributed by atoms with van der Waals surface area (Å²) in [6.45, 7) is 1.88. The van der Waals surface area contributed by atoms with E-state index in [0.717, 1.165) is 17.2 Å². The lowest BCUT2D eigenvalue weighted by molar-refractivity contribution is 0.0697. The minimum Gasteiger partial charge on any atom is -0.478 e. The number of hydrogen-bond acceptors (Lipinski definition) is 7. The minimum absolute atomic E-state index is 0.0887. The molecule has 2 N–H and O–H groups in total. The maximum Gasteiger partial charge on any atom is 0.335 e. The molecule has 0 atom stereocenters. The number of rotatable bonds is 9. The van der Waals surface area contributed by atoms with E-state index in [1.165, 1.54) is 12.1 Å². The molecule has 0 fully saturated rings. The molecule has 3 rings (SSSR count). The van der Waals surface area contributed by atoms with Gasteiger partial charge >= 0.3 is 5.97 Å². The third kappa shape index (κ3) is 7.15. The molecule has 0 aromatic heterocycles. The molecule has 1 aliphatic heterocycles. The molecule has 2 aromatic rings. The lowest BCUT2D eigenvalue weighted by Crippen LogP contribution is -2.27. The largest absolute Gasteiger partial charge is 0.478 e. The Morgan fingerprint density at radius 2 is 1.72 bits per heavy atom. The van der Waals surface area contributed by atoms with Gasteiger partial charge in [0.25, 0.3) is 10.1 Å². The summed E-state index contributed by atoms with van der Waals surface area (Å²) < 4.78 is 31.6. The second kappa shape index (κ2) is 12.5. The van der Waals surface area contributed by atoms with Crippen molar-refractivity contribution in [2.24, 2.45) is 0 Å². The molecule has 0 amide bonds. The number of carboxylic acids is 1. The summed E-state index contributed by atoms with van der Waals surface area (Å²) in [6, 6.07) is 15.5. The first kappa shape index (κ1) is 29.2. The molecule has 0 bridgehead atoms. The molecule has 1 aliphatic rings. The summed E-state index contributed by atoms with van der Waals surface area (Å²) in [5.41, 5.74) is 3.17. The van der Waals surface area contributed by atoms with Gasteiger partial charge in [-0.3, -0.25) is 4.55 Å². The van der Waals surface area contributed by atoms with Crippen LogP contribution in [0.25, 0.3) is 5.57 Å². The summed E-state index contributed by atoms with van der Waals surface area (Å²) in [6.07, 6.45) is 6.87. The zero-order valence-electron chi connectivity index (χ0n) is 21.2. The van der Waals surface area contributed by atoms with E-state index in [1.54, 1.807) is 55.5 Å². The summed E-state index contributed by atoms with van der Waals surface area (Å²) >= 11 is 6.20. The van der Waals surface area contributed by atoms with Gasteiger partial charge in [-0.25, -0.2) is 4.79 Å². The smallest absolute Gasteiger partial charge is 0.335 e. The van der Waals surface area contributed by atoms with E-state index in [9.17, 15) is 23.7 Å². The molecule has 39 heavy (non-hydrogen) atoms. The Morgan fingerprint density at radius 1 is 1.05 bits per heavy atom. The van der Waals surface area contributed by atoms with Crippen LogP contribution in [0, 0.1) is 22.7 Å². The fourth-order valence-corrected chi connectivity index (χ4v) is 4.81. The predicted molar refractivity (Wildman–Crippen MR) is 151 cm³/mol. The summed E-state index contributed by atoms with van der Waals surface area (Å²) in [5, 5.41) is 29.0. The molecule has 0 spiro atoms. The van der Waals surface area contributed by atoms with Crippen molar-refractivity contribution in [2.45, 2.75) is 13.3 Å². The highest BCUT2D eigenvalue weighted by Crippen LogP contribution is 2.42. The van der Waals surface area contributed by atoms with Crippen LogP contribution in [0.1, 0.15) is 29.3 Å². The van der Waals surface area contributed by atoms with Crippen LogP contribution in [0.5, 0.6) is 0 Å². The Bertz CT molecular complexity index is 1590. The fraction of sp³-hybridized carbons (Fsp3) is 0.179. The second-order valence-corrected chi connectivity index (χ2v) is 10.6. The quantitative estimate of drug-likeness (QED) is 0.231. The maximum absolute atomic E-state index is 11.2. The maximum atomic E-state index is 11.2. The van der Waals surface area contributed by atoms with Crippen LogP contribution in [0.2, 0.25) is 5.02 Å². The van der Waals surface area contributed by atoms with Crippen LogP contribution in [-0.2, 0) is 10.1 Å². The molecule has 200 valence electrons. The summed E-state index contributed by atoms with van der Waals surface area (Å²) in [5.74, 6) is -0.746. The van der Waals surface area contributed by atoms with Gasteiger partial charge in [-0.1, -0.05) is 35.9 Å². The van der Waals surface area contributed by atoms with Crippen molar-refractivity contribution in [1.29, 1.82) is 10.5 Å². The number of halogens is 1. The zero-order valence-corrected chi connectivity index (χ0v) is 22.7. The van der Waals surface area contributed by atoms with E-state index in [-0.39, 0.29) is 23.3 Å². The van der Waals surface area contributed by atoms with Gasteiger partial charge in [-0.15, -0.1) is 0 Å². The lowest BCUT2D eigenvalue weighted by atomic mass is 9.93.